The Labute approximate surface area is 145 Å². The number of hydrogen-bond donors (Lipinski definition) is 1. The summed E-state index contributed by atoms with van der Waals surface area (Å²) >= 11 is 7.14. The van der Waals surface area contributed by atoms with Gasteiger partial charge in [-0.05, 0) is 37.5 Å². The lowest BCUT2D eigenvalue weighted by Crippen LogP contribution is -2.48. The summed E-state index contributed by atoms with van der Waals surface area (Å²) in [6, 6.07) is 7.27. The predicted molar refractivity (Wildman–Crippen MR) is 93.9 cm³/mol. The highest BCUT2D eigenvalue weighted by molar-refractivity contribution is 8.14. The number of carbonyl (C=O) groups excluding carboxylic acids is 2. The number of nitrogens with zero attached hydrogens (tertiary/aromatic N) is 1. The third kappa shape index (κ3) is 3.66. The molecular weight excluding hydrogens is 332 g/mol. The summed E-state index contributed by atoms with van der Waals surface area (Å²) in [4.78, 5) is 26.2. The van der Waals surface area contributed by atoms with E-state index in [1.54, 1.807) is 0 Å². The van der Waals surface area contributed by atoms with Gasteiger partial charge in [-0.1, -0.05) is 54.8 Å². The van der Waals surface area contributed by atoms with E-state index in [1.165, 1.54) is 23.1 Å². The summed E-state index contributed by atoms with van der Waals surface area (Å²) in [5, 5.41) is 3.48. The van der Waals surface area contributed by atoms with Crippen LogP contribution in [0.4, 0.5) is 9.59 Å². The quantitative estimate of drug-likeness (QED) is 0.816. The van der Waals surface area contributed by atoms with Crippen molar-refractivity contribution in [2.75, 3.05) is 0 Å². The van der Waals surface area contributed by atoms with E-state index in [9.17, 15) is 9.59 Å². The van der Waals surface area contributed by atoms with E-state index in [-0.39, 0.29) is 28.6 Å². The van der Waals surface area contributed by atoms with Gasteiger partial charge in [-0.2, -0.15) is 0 Å². The van der Waals surface area contributed by atoms with Crippen molar-refractivity contribution in [2.45, 2.75) is 56.4 Å². The zero-order valence-electron chi connectivity index (χ0n) is 13.1. The molecule has 0 aromatic heterocycles. The summed E-state index contributed by atoms with van der Waals surface area (Å²) < 4.78 is 0. The fourth-order valence-electron chi connectivity index (χ4n) is 3.32. The summed E-state index contributed by atoms with van der Waals surface area (Å²) in [6.07, 6.45) is 5.55. The highest BCUT2D eigenvalue weighted by Gasteiger charge is 2.42. The van der Waals surface area contributed by atoms with Crippen molar-refractivity contribution < 1.29 is 9.59 Å². The Hall–Kier alpha value is -1.20. The zero-order chi connectivity index (χ0) is 16.4. The van der Waals surface area contributed by atoms with E-state index < -0.39 is 0 Å². The first-order chi connectivity index (χ1) is 11.1. The number of imide groups is 1. The maximum absolute atomic E-state index is 12.5. The molecule has 1 aliphatic heterocycles. The Bertz CT molecular complexity index is 587. The van der Waals surface area contributed by atoms with Gasteiger partial charge in [0.25, 0.3) is 5.24 Å². The molecular formula is C17H21ClN2O2S. The Balaban J connectivity index is 1.69. The normalized spacial score (nSPS) is 25.7. The van der Waals surface area contributed by atoms with Crippen LogP contribution in [0.1, 0.15) is 49.8 Å². The number of hydrogen-bond acceptors (Lipinski definition) is 3. The summed E-state index contributed by atoms with van der Waals surface area (Å²) in [6.45, 7) is 1.93. The molecule has 0 radical (unpaired) electrons. The zero-order valence-corrected chi connectivity index (χ0v) is 14.7. The van der Waals surface area contributed by atoms with E-state index in [2.05, 4.69) is 5.32 Å². The molecule has 6 heteroatoms. The van der Waals surface area contributed by atoms with Gasteiger partial charge in [-0.25, -0.2) is 4.79 Å². The predicted octanol–water partition coefficient (Wildman–Crippen LogP) is 4.98. The molecule has 1 aromatic carbocycles. The number of carbonyl (C=O) groups is 2. The molecule has 23 heavy (non-hydrogen) atoms. The third-order valence-corrected chi connectivity index (χ3v) is 6.19. The van der Waals surface area contributed by atoms with Crippen LogP contribution in [-0.2, 0) is 0 Å². The lowest BCUT2D eigenvalue weighted by atomic mass is 9.96. The van der Waals surface area contributed by atoms with E-state index in [1.807, 2.05) is 31.2 Å². The van der Waals surface area contributed by atoms with Crippen LogP contribution in [0.3, 0.4) is 0 Å². The molecule has 1 N–H and O–H groups in total. The van der Waals surface area contributed by atoms with Gasteiger partial charge in [0.05, 0.1) is 11.3 Å². The van der Waals surface area contributed by atoms with Gasteiger partial charge in [0.2, 0.25) is 0 Å². The van der Waals surface area contributed by atoms with Gasteiger partial charge in [0, 0.05) is 11.1 Å². The Morgan fingerprint density at radius 1 is 1.22 bits per heavy atom. The Morgan fingerprint density at radius 3 is 2.52 bits per heavy atom. The maximum atomic E-state index is 12.5. The first-order valence-corrected chi connectivity index (χ1v) is 9.38. The average Bonchev–Trinajstić information content (AvgIpc) is 2.84. The van der Waals surface area contributed by atoms with Crippen LogP contribution in [-0.4, -0.2) is 28.3 Å². The average molecular weight is 353 g/mol. The lowest BCUT2D eigenvalue weighted by Gasteiger charge is -2.27. The first-order valence-electron chi connectivity index (χ1n) is 8.12. The van der Waals surface area contributed by atoms with E-state index >= 15 is 0 Å². The molecule has 0 unspecified atom stereocenters. The second kappa shape index (κ2) is 7.14. The third-order valence-electron chi connectivity index (χ3n) is 4.62. The first kappa shape index (κ1) is 16.7. The Kier molecular flexibility index (Phi) is 5.17. The van der Waals surface area contributed by atoms with E-state index in [4.69, 9.17) is 11.6 Å². The van der Waals surface area contributed by atoms with Crippen molar-refractivity contribution in [3.05, 3.63) is 34.9 Å². The van der Waals surface area contributed by atoms with Crippen molar-refractivity contribution in [3.63, 3.8) is 0 Å². The number of amides is 3. The number of halogens is 1. The minimum Gasteiger partial charge on any atom is -0.335 e. The summed E-state index contributed by atoms with van der Waals surface area (Å²) in [5.41, 5.74) is 1.02. The van der Waals surface area contributed by atoms with Crippen LogP contribution in [0, 0.1) is 0 Å². The van der Waals surface area contributed by atoms with Crippen molar-refractivity contribution in [1.82, 2.24) is 10.2 Å². The standard InChI is InChI=1S/C17H21ClN2O2S/c1-11-15(12-7-9-13(18)10-8-12)23-17(22)20(11)16(21)19-14-5-3-2-4-6-14/h7-11,14-15H,2-6H2,1H3,(H,19,21)/t11-,15-/m1/s1. The van der Waals surface area contributed by atoms with Crippen LogP contribution < -0.4 is 5.32 Å². The molecule has 2 atom stereocenters. The Morgan fingerprint density at radius 2 is 1.87 bits per heavy atom. The van der Waals surface area contributed by atoms with Crippen LogP contribution >= 0.6 is 23.4 Å². The van der Waals surface area contributed by atoms with Crippen LogP contribution in [0.2, 0.25) is 5.02 Å². The number of benzene rings is 1. The van der Waals surface area contributed by atoms with Crippen molar-refractivity contribution in [3.8, 4) is 0 Å². The fraction of sp³-hybridized carbons (Fsp3) is 0.529. The summed E-state index contributed by atoms with van der Waals surface area (Å²) in [5.74, 6) is 0. The molecule has 2 aliphatic rings. The molecule has 1 saturated heterocycles. The van der Waals surface area contributed by atoms with E-state index in [0.717, 1.165) is 31.2 Å². The molecule has 1 heterocycles. The summed E-state index contributed by atoms with van der Waals surface area (Å²) in [7, 11) is 0. The molecule has 1 aliphatic carbocycles. The van der Waals surface area contributed by atoms with Crippen LogP contribution in [0.25, 0.3) is 0 Å². The minimum absolute atomic E-state index is 0.0446. The SMILES string of the molecule is C[C@@H]1[C@H](c2ccc(Cl)cc2)SC(=O)N1C(=O)NC1CCCCC1. The van der Waals surface area contributed by atoms with Gasteiger partial charge < -0.3 is 5.32 Å². The maximum Gasteiger partial charge on any atom is 0.325 e. The monoisotopic (exact) mass is 352 g/mol. The van der Waals surface area contributed by atoms with Gasteiger partial charge in [-0.3, -0.25) is 9.69 Å². The highest BCUT2D eigenvalue weighted by atomic mass is 35.5. The van der Waals surface area contributed by atoms with Gasteiger partial charge in [0.15, 0.2) is 0 Å². The minimum atomic E-state index is -0.252. The number of urea groups is 1. The second-order valence-corrected chi connectivity index (χ2v) is 7.78. The molecule has 0 bridgehead atoms. The number of rotatable bonds is 2. The van der Waals surface area contributed by atoms with E-state index in [0.29, 0.717) is 5.02 Å². The van der Waals surface area contributed by atoms with Crippen molar-refractivity contribution in [1.29, 1.82) is 0 Å². The number of thioether (sulfide) groups is 1. The van der Waals surface area contributed by atoms with Gasteiger partial charge in [0.1, 0.15) is 0 Å². The molecule has 124 valence electrons. The molecule has 2 fully saturated rings. The molecule has 0 spiro atoms. The highest BCUT2D eigenvalue weighted by Crippen LogP contribution is 2.43. The number of nitrogens with one attached hydrogen (secondary N) is 1. The topological polar surface area (TPSA) is 49.4 Å². The molecule has 1 saturated carbocycles. The van der Waals surface area contributed by atoms with Crippen molar-refractivity contribution in [2.24, 2.45) is 0 Å². The largest absolute Gasteiger partial charge is 0.335 e. The molecule has 3 amide bonds. The van der Waals surface area contributed by atoms with Gasteiger partial charge in [-0.15, -0.1) is 0 Å². The second-order valence-electron chi connectivity index (χ2n) is 6.25. The lowest BCUT2D eigenvalue weighted by molar-refractivity contribution is 0.184. The van der Waals surface area contributed by atoms with Gasteiger partial charge >= 0.3 is 6.03 Å². The molecule has 1 aromatic rings. The fourth-order valence-corrected chi connectivity index (χ4v) is 4.64. The smallest absolute Gasteiger partial charge is 0.325 e. The molecule has 4 nitrogen and oxygen atoms in total. The van der Waals surface area contributed by atoms with Crippen LogP contribution in [0.5, 0.6) is 0 Å². The van der Waals surface area contributed by atoms with Crippen molar-refractivity contribution >= 4 is 34.6 Å². The van der Waals surface area contributed by atoms with Crippen LogP contribution in [0.15, 0.2) is 24.3 Å². The molecule has 3 rings (SSSR count).